The predicted molar refractivity (Wildman–Crippen MR) is 61.1 cm³/mol. The van der Waals surface area contributed by atoms with Crippen LogP contribution in [0, 0.1) is 11.6 Å². The molecule has 1 aromatic heterocycles. The summed E-state index contributed by atoms with van der Waals surface area (Å²) in [6.45, 7) is 0.966. The third kappa shape index (κ3) is 2.43. The van der Waals surface area contributed by atoms with Gasteiger partial charge in [-0.05, 0) is 18.2 Å². The average molecular weight is 251 g/mol. The van der Waals surface area contributed by atoms with Gasteiger partial charge in [-0.2, -0.15) is 0 Å². The maximum atomic E-state index is 13.0. The van der Waals surface area contributed by atoms with E-state index in [9.17, 15) is 13.6 Å². The monoisotopic (exact) mass is 251 g/mol. The van der Waals surface area contributed by atoms with Crippen molar-refractivity contribution in [3.05, 3.63) is 53.6 Å². The summed E-state index contributed by atoms with van der Waals surface area (Å²) in [5.74, 6) is -2.49. The highest BCUT2D eigenvalue weighted by atomic mass is 19.2. The highest BCUT2D eigenvalue weighted by Crippen LogP contribution is 2.12. The van der Waals surface area contributed by atoms with Crippen LogP contribution >= 0.6 is 0 Å². The van der Waals surface area contributed by atoms with E-state index in [4.69, 9.17) is 5.73 Å². The third-order valence-electron chi connectivity index (χ3n) is 2.43. The van der Waals surface area contributed by atoms with E-state index in [0.717, 1.165) is 12.1 Å². The molecule has 18 heavy (non-hydrogen) atoms. The first-order valence-corrected chi connectivity index (χ1v) is 5.33. The molecule has 0 fully saturated rings. The number of nitrogens with zero attached hydrogens (tertiary/aromatic N) is 2. The Labute approximate surface area is 102 Å². The fourth-order valence-electron chi connectivity index (χ4n) is 1.53. The molecular weight excluding hydrogens is 240 g/mol. The van der Waals surface area contributed by atoms with Crippen LogP contribution in [0.25, 0.3) is 0 Å². The number of halogens is 2. The lowest BCUT2D eigenvalue weighted by molar-refractivity contribution is 0.103. The van der Waals surface area contributed by atoms with E-state index < -0.39 is 17.4 Å². The molecule has 94 valence electrons. The van der Waals surface area contributed by atoms with Gasteiger partial charge in [-0.15, -0.1) is 0 Å². The molecule has 0 aliphatic heterocycles. The summed E-state index contributed by atoms with van der Waals surface area (Å²) >= 11 is 0. The van der Waals surface area contributed by atoms with E-state index in [0.29, 0.717) is 13.1 Å². The van der Waals surface area contributed by atoms with E-state index in [-0.39, 0.29) is 11.3 Å². The van der Waals surface area contributed by atoms with Crippen molar-refractivity contribution in [2.24, 2.45) is 5.73 Å². The molecule has 2 aromatic rings. The molecule has 2 rings (SSSR count). The van der Waals surface area contributed by atoms with Crippen molar-refractivity contribution in [2.75, 3.05) is 6.54 Å². The van der Waals surface area contributed by atoms with Gasteiger partial charge in [0.2, 0.25) is 5.78 Å². The van der Waals surface area contributed by atoms with Gasteiger partial charge in [0.05, 0.1) is 6.33 Å². The van der Waals surface area contributed by atoms with Gasteiger partial charge in [-0.1, -0.05) is 0 Å². The first kappa shape index (κ1) is 12.4. The second-order valence-corrected chi connectivity index (χ2v) is 3.74. The molecule has 0 aliphatic carbocycles. The lowest BCUT2D eigenvalue weighted by Crippen LogP contribution is -2.08. The Morgan fingerprint density at radius 3 is 2.78 bits per heavy atom. The second kappa shape index (κ2) is 5.05. The average Bonchev–Trinajstić information content (AvgIpc) is 2.81. The number of nitrogens with two attached hydrogens (primary N) is 1. The number of carbonyl (C=O) groups is 1. The summed E-state index contributed by atoms with van der Waals surface area (Å²) < 4.78 is 27.4. The van der Waals surface area contributed by atoms with E-state index >= 15 is 0 Å². The standard InChI is InChI=1S/C12H11F2N3O/c13-9-2-1-8(5-10(9)14)12(18)11-6-17(4-3-15)7-16-11/h1-2,5-7H,3-4,15H2. The fraction of sp³-hybridized carbons (Fsp3) is 0.167. The Morgan fingerprint density at radius 1 is 1.33 bits per heavy atom. The molecule has 0 bridgehead atoms. The van der Waals surface area contributed by atoms with E-state index in [1.165, 1.54) is 18.6 Å². The summed E-state index contributed by atoms with van der Waals surface area (Å²) in [6, 6.07) is 3.00. The van der Waals surface area contributed by atoms with Crippen LogP contribution in [-0.4, -0.2) is 21.9 Å². The van der Waals surface area contributed by atoms with Gasteiger partial charge in [0.25, 0.3) is 0 Å². The van der Waals surface area contributed by atoms with Crippen molar-refractivity contribution < 1.29 is 13.6 Å². The Balaban J connectivity index is 2.26. The molecule has 0 unspecified atom stereocenters. The van der Waals surface area contributed by atoms with E-state index in [2.05, 4.69) is 4.98 Å². The van der Waals surface area contributed by atoms with Gasteiger partial charge in [-0.3, -0.25) is 4.79 Å². The molecule has 2 N–H and O–H groups in total. The molecule has 4 nitrogen and oxygen atoms in total. The van der Waals surface area contributed by atoms with E-state index in [1.807, 2.05) is 0 Å². The van der Waals surface area contributed by atoms with Crippen LogP contribution < -0.4 is 5.73 Å². The first-order chi connectivity index (χ1) is 8.61. The lowest BCUT2D eigenvalue weighted by atomic mass is 10.1. The van der Waals surface area contributed by atoms with Gasteiger partial charge >= 0.3 is 0 Å². The van der Waals surface area contributed by atoms with Crippen LogP contribution in [0.4, 0.5) is 8.78 Å². The predicted octanol–water partition coefficient (Wildman–Crippen LogP) is 1.35. The van der Waals surface area contributed by atoms with Crippen molar-refractivity contribution in [3.63, 3.8) is 0 Å². The summed E-state index contributed by atoms with van der Waals surface area (Å²) in [4.78, 5) is 15.8. The zero-order valence-corrected chi connectivity index (χ0v) is 9.44. The Bertz CT molecular complexity index is 580. The molecule has 0 amide bonds. The molecule has 0 saturated carbocycles. The minimum absolute atomic E-state index is 0.0619. The molecule has 0 spiro atoms. The van der Waals surface area contributed by atoms with Crippen molar-refractivity contribution in [1.29, 1.82) is 0 Å². The van der Waals surface area contributed by atoms with Crippen LogP contribution in [0.2, 0.25) is 0 Å². The van der Waals surface area contributed by atoms with Gasteiger partial charge in [-0.25, -0.2) is 13.8 Å². The molecule has 1 aromatic carbocycles. The van der Waals surface area contributed by atoms with Crippen LogP contribution in [0.1, 0.15) is 16.1 Å². The number of benzene rings is 1. The maximum Gasteiger partial charge on any atom is 0.213 e. The fourth-order valence-corrected chi connectivity index (χ4v) is 1.53. The van der Waals surface area contributed by atoms with Crippen LogP contribution in [0.5, 0.6) is 0 Å². The quantitative estimate of drug-likeness (QED) is 0.834. The topological polar surface area (TPSA) is 60.9 Å². The molecule has 1 heterocycles. The minimum atomic E-state index is -1.05. The van der Waals surface area contributed by atoms with Gasteiger partial charge in [0, 0.05) is 24.8 Å². The zero-order chi connectivity index (χ0) is 13.1. The van der Waals surface area contributed by atoms with Crippen LogP contribution in [0.15, 0.2) is 30.7 Å². The largest absolute Gasteiger partial charge is 0.335 e. The summed E-state index contributed by atoms with van der Waals surface area (Å²) in [7, 11) is 0. The third-order valence-corrected chi connectivity index (χ3v) is 2.43. The van der Waals surface area contributed by atoms with Crippen molar-refractivity contribution >= 4 is 5.78 Å². The van der Waals surface area contributed by atoms with E-state index in [1.54, 1.807) is 4.57 Å². The lowest BCUT2D eigenvalue weighted by Gasteiger charge is -1.99. The SMILES string of the molecule is NCCn1cnc(C(=O)c2ccc(F)c(F)c2)c1. The van der Waals surface area contributed by atoms with Crippen molar-refractivity contribution in [2.45, 2.75) is 6.54 Å². The van der Waals surface area contributed by atoms with Crippen LogP contribution in [0.3, 0.4) is 0 Å². The normalized spacial score (nSPS) is 10.6. The summed E-state index contributed by atoms with van der Waals surface area (Å²) in [6.07, 6.45) is 3.00. The highest BCUT2D eigenvalue weighted by molar-refractivity contribution is 6.07. The van der Waals surface area contributed by atoms with Crippen molar-refractivity contribution in [1.82, 2.24) is 9.55 Å². The van der Waals surface area contributed by atoms with Crippen LogP contribution in [-0.2, 0) is 6.54 Å². The number of imidazole rings is 1. The highest BCUT2D eigenvalue weighted by Gasteiger charge is 2.14. The Hall–Kier alpha value is -2.08. The molecule has 0 saturated heterocycles. The smallest absolute Gasteiger partial charge is 0.213 e. The Morgan fingerprint density at radius 2 is 2.11 bits per heavy atom. The van der Waals surface area contributed by atoms with Gasteiger partial charge in [0.1, 0.15) is 5.69 Å². The molecule has 0 atom stereocenters. The molecule has 0 radical (unpaired) electrons. The minimum Gasteiger partial charge on any atom is -0.335 e. The summed E-state index contributed by atoms with van der Waals surface area (Å²) in [5.41, 5.74) is 5.61. The maximum absolute atomic E-state index is 13.0. The summed E-state index contributed by atoms with van der Waals surface area (Å²) in [5, 5.41) is 0. The first-order valence-electron chi connectivity index (χ1n) is 5.33. The Kier molecular flexibility index (Phi) is 3.47. The molecule has 6 heteroatoms. The zero-order valence-electron chi connectivity index (χ0n) is 9.44. The number of hydrogen-bond donors (Lipinski definition) is 1. The second-order valence-electron chi connectivity index (χ2n) is 3.74. The van der Waals surface area contributed by atoms with Gasteiger partial charge in [0.15, 0.2) is 11.6 Å². The molecular formula is C12H11F2N3O. The number of ketones is 1. The molecule has 0 aliphatic rings. The number of rotatable bonds is 4. The van der Waals surface area contributed by atoms with Crippen molar-refractivity contribution in [3.8, 4) is 0 Å². The number of hydrogen-bond acceptors (Lipinski definition) is 3. The number of aromatic nitrogens is 2. The van der Waals surface area contributed by atoms with Gasteiger partial charge < -0.3 is 10.3 Å². The number of carbonyl (C=O) groups excluding carboxylic acids is 1.